The highest BCUT2D eigenvalue weighted by Crippen LogP contribution is 2.44. The molecule has 5 nitrogen and oxygen atoms in total. The summed E-state index contributed by atoms with van der Waals surface area (Å²) in [5, 5.41) is 2.32. The molecule has 0 amide bonds. The Morgan fingerprint density at radius 3 is 1.64 bits per heavy atom. The van der Waals surface area contributed by atoms with E-state index in [1.807, 2.05) is 6.20 Å². The normalized spacial score (nSPS) is 12.7. The van der Waals surface area contributed by atoms with Gasteiger partial charge in [-0.25, -0.2) is 4.98 Å². The Bertz CT molecular complexity index is 3580. The molecule has 0 saturated heterocycles. The summed E-state index contributed by atoms with van der Waals surface area (Å²) in [5.41, 5.74) is 12.7. The first-order valence-corrected chi connectivity index (χ1v) is 25.5. The van der Waals surface area contributed by atoms with E-state index in [4.69, 9.17) is 9.72 Å². The summed E-state index contributed by atoms with van der Waals surface area (Å²) in [6.45, 7) is 27.6. The maximum absolute atomic E-state index is 7.00. The lowest BCUT2D eigenvalue weighted by molar-refractivity contribution is -0.611. The molecule has 0 aliphatic heterocycles. The number of imidazole rings is 1. The van der Waals surface area contributed by atoms with Gasteiger partial charge in [-0.15, -0.1) is 0 Å². The Morgan fingerprint density at radius 2 is 1.00 bits per heavy atom. The fourth-order valence-corrected chi connectivity index (χ4v) is 10.6. The second-order valence-electron chi connectivity index (χ2n) is 23.2. The van der Waals surface area contributed by atoms with Gasteiger partial charge in [0.25, 0.3) is 6.33 Å². The molecule has 10 rings (SSSR count). The van der Waals surface area contributed by atoms with Gasteiger partial charge in [0.1, 0.15) is 17.3 Å². The van der Waals surface area contributed by atoms with Crippen LogP contribution in [0.25, 0.3) is 39.0 Å². The van der Waals surface area contributed by atoms with Gasteiger partial charge in [-0.05, 0) is 111 Å². The summed E-state index contributed by atoms with van der Waals surface area (Å²) >= 11 is 0. The second kappa shape index (κ2) is 18.0. The lowest BCUT2D eigenvalue weighted by atomic mass is 9.73. The molecule has 72 heavy (non-hydrogen) atoms. The average Bonchev–Trinajstić information content (AvgIpc) is 3.95. The van der Waals surface area contributed by atoms with Gasteiger partial charge in [-0.2, -0.15) is 0 Å². The van der Waals surface area contributed by atoms with Crippen LogP contribution in [0.4, 0.5) is 0 Å². The summed E-state index contributed by atoms with van der Waals surface area (Å²) in [7, 11) is 0. The lowest BCUT2D eigenvalue weighted by Gasteiger charge is -2.35. The highest BCUT2D eigenvalue weighted by Gasteiger charge is 2.40. The van der Waals surface area contributed by atoms with Gasteiger partial charge in [-0.3, -0.25) is 13.7 Å². The van der Waals surface area contributed by atoms with Crippen LogP contribution in [0.2, 0.25) is 0 Å². The lowest BCUT2D eigenvalue weighted by Crippen LogP contribution is -2.43. The van der Waals surface area contributed by atoms with Gasteiger partial charge in [0.15, 0.2) is 0 Å². The zero-order valence-corrected chi connectivity index (χ0v) is 44.2. The number of pyridine rings is 1. The molecule has 0 unspecified atom stereocenters. The third-order valence-corrected chi connectivity index (χ3v) is 15.1. The molecule has 362 valence electrons. The molecule has 3 heterocycles. The van der Waals surface area contributed by atoms with Crippen molar-refractivity contribution in [3.05, 3.63) is 245 Å². The van der Waals surface area contributed by atoms with Gasteiger partial charge in [0.05, 0.1) is 33.8 Å². The molecule has 0 aliphatic rings. The molecule has 0 radical (unpaired) electrons. The summed E-state index contributed by atoms with van der Waals surface area (Å²) in [6, 6.07) is 67.8. The smallest absolute Gasteiger partial charge is 0.269 e. The summed E-state index contributed by atoms with van der Waals surface area (Å²) < 4.78 is 13.9. The predicted octanol–water partition coefficient (Wildman–Crippen LogP) is 16.4. The van der Waals surface area contributed by atoms with Crippen molar-refractivity contribution in [3.63, 3.8) is 0 Å². The van der Waals surface area contributed by atoms with Crippen molar-refractivity contribution in [1.29, 1.82) is 0 Å². The number of fused-ring (bicyclic) bond motifs is 3. The van der Waals surface area contributed by atoms with Crippen molar-refractivity contribution >= 4 is 21.8 Å². The Hall–Kier alpha value is -7.50. The highest BCUT2D eigenvalue weighted by atomic mass is 16.5. The zero-order chi connectivity index (χ0) is 50.8. The predicted molar refractivity (Wildman–Crippen MR) is 298 cm³/mol. The Balaban J connectivity index is 1.15. The molecular formula is C67H68N4O. The van der Waals surface area contributed by atoms with Crippen LogP contribution in [0.3, 0.4) is 0 Å². The van der Waals surface area contributed by atoms with Crippen LogP contribution < -0.4 is 9.30 Å². The minimum absolute atomic E-state index is 0.0430. The van der Waals surface area contributed by atoms with Crippen molar-refractivity contribution in [1.82, 2.24) is 14.1 Å². The van der Waals surface area contributed by atoms with Gasteiger partial charge < -0.3 is 4.74 Å². The van der Waals surface area contributed by atoms with Gasteiger partial charge >= 0.3 is 0 Å². The maximum atomic E-state index is 7.00. The molecule has 0 bridgehead atoms. The van der Waals surface area contributed by atoms with E-state index >= 15 is 0 Å². The molecule has 0 atom stereocenters. The van der Waals surface area contributed by atoms with Gasteiger partial charge in [-0.1, -0.05) is 198 Å². The quantitative estimate of drug-likeness (QED) is 0.0957. The molecule has 0 fully saturated rings. The molecule has 0 N–H and O–H groups in total. The van der Waals surface area contributed by atoms with Gasteiger partial charge in [0.2, 0.25) is 0 Å². The SMILES string of the molecule is CC(C)(C)c1cccc(-[n+]2[c-]n(-c3cccc(Oc4ccc5c6cc(C(C)(C)c7ccccc7)ccc6n(-c6cc(C(C)(C)C)ccn6)c5c4)c3)c(C(C)(C)c3ccccc3)c2C(C)(C)c2ccccc2)c1. The van der Waals surface area contributed by atoms with E-state index < -0.39 is 10.8 Å². The van der Waals surface area contributed by atoms with Crippen LogP contribution in [-0.2, 0) is 27.1 Å². The van der Waals surface area contributed by atoms with E-state index in [0.717, 1.165) is 56.5 Å². The first kappa shape index (κ1) is 48.1. The third-order valence-electron chi connectivity index (χ3n) is 15.1. The molecule has 7 aromatic carbocycles. The number of hydrogen-bond acceptors (Lipinski definition) is 2. The fourth-order valence-electron chi connectivity index (χ4n) is 10.6. The number of rotatable bonds is 11. The summed E-state index contributed by atoms with van der Waals surface area (Å²) in [4.78, 5) is 5.02. The minimum atomic E-state index is -0.462. The fraction of sp³-hybridized carbons (Fsp3) is 0.254. The Labute approximate surface area is 427 Å². The van der Waals surface area contributed by atoms with Crippen LogP contribution in [-0.4, -0.2) is 14.1 Å². The first-order valence-electron chi connectivity index (χ1n) is 25.5. The van der Waals surface area contributed by atoms with Crippen LogP contribution in [0.5, 0.6) is 11.5 Å². The highest BCUT2D eigenvalue weighted by molar-refractivity contribution is 6.10. The average molecular weight is 945 g/mol. The Morgan fingerprint density at radius 1 is 0.431 bits per heavy atom. The minimum Gasteiger partial charge on any atom is -0.458 e. The molecule has 0 spiro atoms. The number of aromatic nitrogens is 4. The van der Waals surface area contributed by atoms with E-state index in [2.05, 4.69) is 291 Å². The zero-order valence-electron chi connectivity index (χ0n) is 44.2. The van der Waals surface area contributed by atoms with E-state index in [1.165, 1.54) is 38.8 Å². The van der Waals surface area contributed by atoms with Crippen LogP contribution >= 0.6 is 0 Å². The molecule has 5 heteroatoms. The summed E-state index contributed by atoms with van der Waals surface area (Å²) in [6.07, 6.45) is 5.92. The molecular weight excluding hydrogens is 877 g/mol. The van der Waals surface area contributed by atoms with Crippen molar-refractivity contribution in [2.75, 3.05) is 0 Å². The first-order chi connectivity index (χ1) is 34.2. The van der Waals surface area contributed by atoms with Crippen molar-refractivity contribution in [2.45, 2.75) is 110 Å². The molecule has 0 aliphatic carbocycles. The van der Waals surface area contributed by atoms with Crippen LogP contribution in [0.1, 0.15) is 128 Å². The topological polar surface area (TPSA) is 35.9 Å². The molecule has 10 aromatic rings. The standard InChI is InChI=1S/C67H68N4O/c1-63(2,3)49-30-22-31-52(40-49)69-45-70(62(67(11,12)48-28-20-15-21-29-48)61(69)66(9,10)47-26-18-14-19-27-47)53-32-23-33-54(43-53)72-55-35-36-56-57-41-51(65(7,8)46-24-16-13-17-25-46)34-37-58(57)71(59(56)44-55)60-42-50(38-39-68-60)64(4,5)6/h13-44H,1-12H3. The number of nitrogens with zero attached hydrogens (tertiary/aromatic N) is 4. The number of ether oxygens (including phenoxy) is 1. The van der Waals surface area contributed by atoms with Crippen LogP contribution in [0.15, 0.2) is 194 Å². The monoisotopic (exact) mass is 945 g/mol. The summed E-state index contributed by atoms with van der Waals surface area (Å²) in [5.74, 6) is 2.34. The van der Waals surface area contributed by atoms with E-state index in [9.17, 15) is 0 Å². The van der Waals surface area contributed by atoms with Gasteiger partial charge in [0, 0.05) is 39.3 Å². The van der Waals surface area contributed by atoms with Crippen molar-refractivity contribution in [2.24, 2.45) is 0 Å². The second-order valence-corrected chi connectivity index (χ2v) is 23.2. The maximum Gasteiger partial charge on any atom is 0.269 e. The van der Waals surface area contributed by atoms with E-state index in [-0.39, 0.29) is 16.2 Å². The van der Waals surface area contributed by atoms with E-state index in [0.29, 0.717) is 0 Å². The third kappa shape index (κ3) is 8.74. The van der Waals surface area contributed by atoms with Crippen LogP contribution in [0, 0.1) is 6.33 Å². The molecule has 0 saturated carbocycles. The number of benzene rings is 7. The molecule has 3 aromatic heterocycles. The van der Waals surface area contributed by atoms with Crippen molar-refractivity contribution in [3.8, 4) is 28.7 Å². The Kier molecular flexibility index (Phi) is 12.0. The number of hydrogen-bond donors (Lipinski definition) is 0. The largest absolute Gasteiger partial charge is 0.458 e. The van der Waals surface area contributed by atoms with E-state index in [1.54, 1.807) is 0 Å². The van der Waals surface area contributed by atoms with Crippen molar-refractivity contribution < 1.29 is 9.30 Å².